The van der Waals surface area contributed by atoms with E-state index in [-0.39, 0.29) is 32.1 Å². The predicted octanol–water partition coefficient (Wildman–Crippen LogP) is 8.41. The standard InChI is InChI=1S/C16H18BrFN2O2.C11H14O.C6H4BrFN2O2.C2H6.CH4O.CH4/c17-13-6-15(19)14(18)7-16(13)20-8-12(21)10-22-9-11-4-2-1-3-5-11;1-2-4-10(5-3-1)8-12-9-11-6-7-11;7-3-1-6(10(11)12)4(8)2-5(3)9;2*1-2;/h1-7,12,20-21H,8-10,19H2;1-5,11H,6-9H2;1-2H,9H2;1-2H3;2H,1H3;1H4/p+1/t12-;;;;;/m1...../s1. The Labute approximate surface area is 316 Å². The second-order valence-corrected chi connectivity index (χ2v) is 12.2. The molecule has 14 heteroatoms. The van der Waals surface area contributed by atoms with Gasteiger partial charge in [-0.2, -0.15) is 4.39 Å². The predicted molar refractivity (Wildman–Crippen MR) is 207 cm³/mol. The van der Waals surface area contributed by atoms with Gasteiger partial charge in [0, 0.05) is 59.2 Å². The zero-order chi connectivity index (χ0) is 37.5. The summed E-state index contributed by atoms with van der Waals surface area (Å²) in [7, 11) is 1.00. The second kappa shape index (κ2) is 27.2. The quantitative estimate of drug-likeness (QED) is 0.0538. The molecular weight excluding hydrogens is 794 g/mol. The topological polar surface area (TPSA) is 168 Å². The number of ether oxygens (including phenoxy) is 2. The fourth-order valence-corrected chi connectivity index (χ4v) is 4.65. The maximum atomic E-state index is 13.5. The number of nitrogen functional groups attached to an aromatic ring is 1. The third-order valence-corrected chi connectivity index (χ3v) is 7.85. The van der Waals surface area contributed by atoms with Crippen molar-refractivity contribution in [3.8, 4) is 0 Å². The first-order chi connectivity index (χ1) is 24.0. The fourth-order valence-electron chi connectivity index (χ4n) is 3.79. The minimum absolute atomic E-state index is 0. The first kappa shape index (κ1) is 47.5. The molecule has 282 valence electrons. The van der Waals surface area contributed by atoms with E-state index in [9.17, 15) is 24.0 Å². The van der Waals surface area contributed by atoms with E-state index in [0.717, 1.165) is 43.9 Å². The molecule has 1 aliphatic carbocycles. The number of nitrogens with zero attached hydrogens (tertiary/aromatic N) is 1. The van der Waals surface area contributed by atoms with Crippen LogP contribution in [0.2, 0.25) is 0 Å². The molecule has 0 spiro atoms. The maximum Gasteiger partial charge on any atom is 0.306 e. The van der Waals surface area contributed by atoms with Crippen molar-refractivity contribution in [1.29, 1.82) is 0 Å². The highest BCUT2D eigenvalue weighted by Gasteiger charge is 2.21. The zero-order valence-electron chi connectivity index (χ0n) is 28.5. The summed E-state index contributed by atoms with van der Waals surface area (Å²) < 4.78 is 38.2. The van der Waals surface area contributed by atoms with Crippen LogP contribution in [0.5, 0.6) is 0 Å². The Balaban J connectivity index is 0.000000737. The second-order valence-electron chi connectivity index (χ2n) is 10.5. The molecule has 0 radical (unpaired) electrons. The van der Waals surface area contributed by atoms with Crippen molar-refractivity contribution in [1.82, 2.24) is 0 Å². The van der Waals surface area contributed by atoms with Gasteiger partial charge in [-0.05, 0) is 61.7 Å². The molecule has 1 aliphatic rings. The number of quaternary nitrogens is 1. The minimum atomic E-state index is -0.930. The number of halogens is 4. The Hall–Kier alpha value is -3.50. The summed E-state index contributed by atoms with van der Waals surface area (Å²) in [6, 6.07) is 25.0. The van der Waals surface area contributed by atoms with Crippen molar-refractivity contribution < 1.29 is 39.1 Å². The molecule has 1 fully saturated rings. The number of benzene rings is 4. The van der Waals surface area contributed by atoms with Crippen molar-refractivity contribution in [3.63, 3.8) is 0 Å². The molecule has 0 bridgehead atoms. The van der Waals surface area contributed by atoms with E-state index in [1.807, 2.05) is 50.2 Å². The molecule has 5 rings (SSSR count). The lowest BCUT2D eigenvalue weighted by atomic mass is 10.2. The van der Waals surface area contributed by atoms with Gasteiger partial charge in [-0.15, -0.1) is 0 Å². The lowest BCUT2D eigenvalue weighted by molar-refractivity contribution is -0.387. The van der Waals surface area contributed by atoms with Crippen molar-refractivity contribution >= 4 is 54.6 Å². The average Bonchev–Trinajstić information content (AvgIpc) is 3.95. The number of nitrogens with two attached hydrogens (primary N) is 1. The van der Waals surface area contributed by atoms with Crippen LogP contribution in [0.4, 0.5) is 31.5 Å². The van der Waals surface area contributed by atoms with Gasteiger partial charge >= 0.3 is 5.69 Å². The lowest BCUT2D eigenvalue weighted by Crippen LogP contribution is -2.41. The number of rotatable bonds is 12. The van der Waals surface area contributed by atoms with Crippen LogP contribution in [-0.4, -0.2) is 48.1 Å². The van der Waals surface area contributed by atoms with E-state index in [0.29, 0.717) is 26.9 Å². The van der Waals surface area contributed by atoms with Gasteiger partial charge in [-0.1, -0.05) is 81.9 Å². The Morgan fingerprint density at radius 3 is 1.96 bits per heavy atom. The zero-order valence-corrected chi connectivity index (χ0v) is 31.6. The highest BCUT2D eigenvalue weighted by molar-refractivity contribution is 9.11. The van der Waals surface area contributed by atoms with Crippen LogP contribution < -0.4 is 16.8 Å². The van der Waals surface area contributed by atoms with Crippen LogP contribution in [0.15, 0.2) is 93.9 Å². The van der Waals surface area contributed by atoms with E-state index in [2.05, 4.69) is 67.2 Å². The van der Waals surface area contributed by atoms with Gasteiger partial charge in [-0.25, -0.2) is 4.39 Å². The average molecular weight is 846 g/mol. The van der Waals surface area contributed by atoms with Gasteiger partial charge in [0.25, 0.3) is 0 Å². The molecule has 0 amide bonds. The number of hydrogen-bond acceptors (Lipinski definition) is 8. The Morgan fingerprint density at radius 2 is 1.45 bits per heavy atom. The lowest BCUT2D eigenvalue weighted by Gasteiger charge is -2.14. The van der Waals surface area contributed by atoms with Gasteiger partial charge in [0.05, 0.1) is 36.5 Å². The van der Waals surface area contributed by atoms with E-state index in [1.54, 1.807) is 6.07 Å². The summed E-state index contributed by atoms with van der Waals surface area (Å²) in [5.74, 6) is -0.449. The molecule has 1 saturated carbocycles. The SMILES string of the molecule is C.CC.CO.Nc1cc(F)c([N+](=O)[O-])cc1Br.[NH3+]c1cc(Br)c(NC[C@@H](O)COCc2ccccc2)cc1F.c1ccc(COCC2CC2)cc1. The van der Waals surface area contributed by atoms with E-state index in [4.69, 9.17) is 20.3 Å². The molecule has 4 aromatic carbocycles. The molecule has 4 aromatic rings. The van der Waals surface area contributed by atoms with Crippen molar-refractivity contribution in [2.45, 2.75) is 53.4 Å². The maximum absolute atomic E-state index is 13.5. The van der Waals surface area contributed by atoms with Gasteiger partial charge < -0.3 is 36.5 Å². The van der Waals surface area contributed by atoms with E-state index >= 15 is 0 Å². The molecule has 0 heterocycles. The van der Waals surface area contributed by atoms with Crippen LogP contribution >= 0.6 is 31.9 Å². The number of hydrogen-bond donors (Lipinski definition) is 5. The van der Waals surface area contributed by atoms with E-state index in [1.165, 1.54) is 24.5 Å². The van der Waals surface area contributed by atoms with Crippen LogP contribution in [0.3, 0.4) is 0 Å². The molecule has 0 aliphatic heterocycles. The van der Waals surface area contributed by atoms with Gasteiger partial charge in [0.1, 0.15) is 0 Å². The number of nitro benzene ring substituents is 1. The molecule has 51 heavy (non-hydrogen) atoms. The number of nitrogens with one attached hydrogen (secondary N) is 1. The summed E-state index contributed by atoms with van der Waals surface area (Å²) in [6.07, 6.45) is 2.06. The van der Waals surface area contributed by atoms with Crippen molar-refractivity contribution in [3.05, 3.63) is 127 Å². The molecule has 1 atom stereocenters. The minimum Gasteiger partial charge on any atom is -0.400 e. The van der Waals surface area contributed by atoms with Crippen molar-refractivity contribution in [2.24, 2.45) is 5.92 Å². The first-order valence-electron chi connectivity index (χ1n) is 15.8. The first-order valence-corrected chi connectivity index (χ1v) is 17.4. The van der Waals surface area contributed by atoms with Crippen LogP contribution in [-0.2, 0) is 22.7 Å². The van der Waals surface area contributed by atoms with Crippen LogP contribution in [0.1, 0.15) is 45.2 Å². The summed E-state index contributed by atoms with van der Waals surface area (Å²) >= 11 is 6.28. The Morgan fingerprint density at radius 1 is 0.922 bits per heavy atom. The molecule has 8 N–H and O–H groups in total. The highest BCUT2D eigenvalue weighted by Crippen LogP contribution is 2.29. The molecule has 0 aromatic heterocycles. The summed E-state index contributed by atoms with van der Waals surface area (Å²) in [4.78, 5) is 9.38. The molecule has 10 nitrogen and oxygen atoms in total. The van der Waals surface area contributed by atoms with Gasteiger partial charge in [0.2, 0.25) is 5.82 Å². The third-order valence-electron chi connectivity index (χ3n) is 6.51. The largest absolute Gasteiger partial charge is 0.400 e. The van der Waals surface area contributed by atoms with Crippen molar-refractivity contribution in [2.75, 3.05) is 37.9 Å². The smallest absolute Gasteiger partial charge is 0.306 e. The van der Waals surface area contributed by atoms with Gasteiger partial charge in [-0.3, -0.25) is 10.1 Å². The number of aliphatic hydroxyl groups is 2. The van der Waals surface area contributed by atoms with E-state index < -0.39 is 22.5 Å². The number of anilines is 2. The normalized spacial score (nSPS) is 11.6. The summed E-state index contributed by atoms with van der Waals surface area (Å²) in [5, 5.41) is 30.1. The van der Waals surface area contributed by atoms with Crippen LogP contribution in [0.25, 0.3) is 0 Å². The van der Waals surface area contributed by atoms with Crippen LogP contribution in [0, 0.1) is 27.7 Å². The summed E-state index contributed by atoms with van der Waals surface area (Å²) in [6.45, 7) is 6.65. The fraction of sp³-hybridized carbons (Fsp3) is 0.351. The Bertz CT molecular complexity index is 1540. The highest BCUT2D eigenvalue weighted by atomic mass is 79.9. The number of nitro groups is 1. The monoisotopic (exact) mass is 843 g/mol. The third kappa shape index (κ3) is 19.6. The van der Waals surface area contributed by atoms with Gasteiger partial charge in [0.15, 0.2) is 11.5 Å². The molecular formula is C37H51Br2F2N4O6+. The Kier molecular flexibility index (Phi) is 25.3. The number of aliphatic hydroxyl groups excluding tert-OH is 2. The molecule has 0 unspecified atom stereocenters. The molecule has 0 saturated heterocycles. The summed E-state index contributed by atoms with van der Waals surface area (Å²) in [5.41, 5.74) is 11.6.